The highest BCUT2D eigenvalue weighted by molar-refractivity contribution is 5.22. The molecular weight excluding hydrogens is 256 g/mol. The molecule has 0 spiro atoms. The number of aromatic nitrogens is 1. The van der Waals surface area contributed by atoms with Crippen molar-refractivity contribution < 1.29 is 0 Å². The molecule has 2 unspecified atom stereocenters. The number of nitrogens with zero attached hydrogens (tertiary/aromatic N) is 1. The van der Waals surface area contributed by atoms with Crippen molar-refractivity contribution in [3.63, 3.8) is 0 Å². The summed E-state index contributed by atoms with van der Waals surface area (Å²) in [6.45, 7) is 1.04. The van der Waals surface area contributed by atoms with E-state index in [1.54, 1.807) is 0 Å². The second-order valence-corrected chi connectivity index (χ2v) is 5.97. The molecule has 0 bridgehead atoms. The number of nitrogens with one attached hydrogen (secondary N) is 1. The summed E-state index contributed by atoms with van der Waals surface area (Å²) in [5.74, 6) is 0.675. The van der Waals surface area contributed by atoms with Crippen molar-refractivity contribution in [2.75, 3.05) is 6.54 Å². The zero-order valence-electron chi connectivity index (χ0n) is 12.5. The predicted octanol–water partition coefficient (Wildman–Crippen LogP) is 3.94. The second-order valence-electron chi connectivity index (χ2n) is 5.97. The molecule has 2 heteroatoms. The Bertz CT molecular complexity index is 524. The van der Waals surface area contributed by atoms with Crippen molar-refractivity contribution in [3.8, 4) is 0 Å². The molecule has 1 N–H and O–H groups in total. The first-order valence-electron chi connectivity index (χ1n) is 8.11. The number of rotatable bonds is 5. The van der Waals surface area contributed by atoms with Gasteiger partial charge in [0.2, 0.25) is 0 Å². The van der Waals surface area contributed by atoms with Crippen LogP contribution in [0.5, 0.6) is 0 Å². The van der Waals surface area contributed by atoms with Gasteiger partial charge in [-0.2, -0.15) is 0 Å². The standard InChI is InChI=1S/C19H24N2/c1-2-8-17(9-3-1)18-10-4-5-11-19(18)21-14-12-16-7-6-13-20-15-16/h1-3,6-9,13,15,18-19,21H,4-5,10-12,14H2. The van der Waals surface area contributed by atoms with Crippen LogP contribution in [0.25, 0.3) is 0 Å². The van der Waals surface area contributed by atoms with E-state index in [1.807, 2.05) is 18.5 Å². The van der Waals surface area contributed by atoms with E-state index in [2.05, 4.69) is 46.7 Å². The number of hydrogen-bond donors (Lipinski definition) is 1. The van der Waals surface area contributed by atoms with Crippen LogP contribution in [0.1, 0.15) is 42.7 Å². The van der Waals surface area contributed by atoms with Gasteiger partial charge in [0.15, 0.2) is 0 Å². The lowest BCUT2D eigenvalue weighted by Crippen LogP contribution is -2.38. The lowest BCUT2D eigenvalue weighted by atomic mass is 9.80. The van der Waals surface area contributed by atoms with Crippen LogP contribution in [0.3, 0.4) is 0 Å². The Morgan fingerprint density at radius 3 is 2.67 bits per heavy atom. The molecule has 1 aliphatic carbocycles. The molecule has 0 radical (unpaired) electrons. The maximum absolute atomic E-state index is 4.18. The monoisotopic (exact) mass is 280 g/mol. The van der Waals surface area contributed by atoms with E-state index < -0.39 is 0 Å². The van der Waals surface area contributed by atoms with Gasteiger partial charge in [-0.1, -0.05) is 49.2 Å². The van der Waals surface area contributed by atoms with Crippen molar-refractivity contribution >= 4 is 0 Å². The Kier molecular flexibility index (Phi) is 5.01. The van der Waals surface area contributed by atoms with E-state index in [4.69, 9.17) is 0 Å². The molecule has 1 fully saturated rings. The third kappa shape index (κ3) is 3.92. The first-order chi connectivity index (χ1) is 10.4. The molecule has 0 saturated heterocycles. The molecule has 1 aromatic heterocycles. The maximum atomic E-state index is 4.18. The molecule has 1 saturated carbocycles. The highest BCUT2D eigenvalue weighted by atomic mass is 14.9. The summed E-state index contributed by atoms with van der Waals surface area (Å²) in [6.07, 6.45) is 10.2. The normalized spacial score (nSPS) is 22.1. The van der Waals surface area contributed by atoms with Gasteiger partial charge in [-0.25, -0.2) is 0 Å². The van der Waals surface area contributed by atoms with E-state index in [1.165, 1.54) is 36.8 Å². The van der Waals surface area contributed by atoms with Gasteiger partial charge in [-0.3, -0.25) is 4.98 Å². The second kappa shape index (κ2) is 7.37. The van der Waals surface area contributed by atoms with Gasteiger partial charge in [0, 0.05) is 18.4 Å². The minimum Gasteiger partial charge on any atom is -0.313 e. The number of benzene rings is 1. The Labute approximate surface area is 127 Å². The lowest BCUT2D eigenvalue weighted by molar-refractivity contribution is 0.329. The summed E-state index contributed by atoms with van der Waals surface area (Å²) in [6, 6.07) is 15.8. The minimum atomic E-state index is 0.623. The summed E-state index contributed by atoms with van der Waals surface area (Å²) in [5, 5.41) is 3.79. The molecule has 3 rings (SSSR count). The third-order valence-corrected chi connectivity index (χ3v) is 4.54. The topological polar surface area (TPSA) is 24.9 Å². The van der Waals surface area contributed by atoms with Crippen molar-refractivity contribution in [1.29, 1.82) is 0 Å². The molecule has 110 valence electrons. The Hall–Kier alpha value is -1.67. The van der Waals surface area contributed by atoms with Crippen molar-refractivity contribution in [2.24, 2.45) is 0 Å². The van der Waals surface area contributed by atoms with Crippen molar-refractivity contribution in [1.82, 2.24) is 10.3 Å². The molecule has 2 atom stereocenters. The van der Waals surface area contributed by atoms with Crippen LogP contribution in [0, 0.1) is 0 Å². The summed E-state index contributed by atoms with van der Waals surface area (Å²) in [4.78, 5) is 4.18. The first-order valence-corrected chi connectivity index (χ1v) is 8.11. The molecule has 1 aromatic carbocycles. The van der Waals surface area contributed by atoms with Crippen LogP contribution in [-0.2, 0) is 6.42 Å². The largest absolute Gasteiger partial charge is 0.313 e. The molecule has 1 heterocycles. The van der Waals surface area contributed by atoms with Gasteiger partial charge in [0.05, 0.1) is 0 Å². The van der Waals surface area contributed by atoms with Crippen molar-refractivity contribution in [2.45, 2.75) is 44.1 Å². The van der Waals surface area contributed by atoms with Gasteiger partial charge in [-0.15, -0.1) is 0 Å². The van der Waals surface area contributed by atoms with Crippen LogP contribution in [0.4, 0.5) is 0 Å². The van der Waals surface area contributed by atoms with Crippen molar-refractivity contribution in [3.05, 3.63) is 66.0 Å². The van der Waals surface area contributed by atoms with E-state index in [0.717, 1.165) is 13.0 Å². The molecular formula is C19H24N2. The van der Waals surface area contributed by atoms with E-state index >= 15 is 0 Å². The average Bonchev–Trinajstić information content (AvgIpc) is 2.57. The fourth-order valence-electron chi connectivity index (χ4n) is 3.42. The van der Waals surface area contributed by atoms with Crippen LogP contribution < -0.4 is 5.32 Å². The summed E-state index contributed by atoms with van der Waals surface area (Å²) in [5.41, 5.74) is 2.81. The quantitative estimate of drug-likeness (QED) is 0.897. The van der Waals surface area contributed by atoms with Gasteiger partial charge in [-0.05, 0) is 48.9 Å². The summed E-state index contributed by atoms with van der Waals surface area (Å²) in [7, 11) is 0. The SMILES string of the molecule is c1ccc(C2CCCCC2NCCc2cccnc2)cc1. The van der Waals surface area contributed by atoms with Crippen LogP contribution in [0.2, 0.25) is 0 Å². The highest BCUT2D eigenvalue weighted by Crippen LogP contribution is 2.32. The fourth-order valence-corrected chi connectivity index (χ4v) is 3.42. The van der Waals surface area contributed by atoms with E-state index in [9.17, 15) is 0 Å². The first kappa shape index (κ1) is 14.3. The van der Waals surface area contributed by atoms with Gasteiger partial charge < -0.3 is 5.32 Å². The lowest BCUT2D eigenvalue weighted by Gasteiger charge is -2.33. The fraction of sp³-hybridized carbons (Fsp3) is 0.421. The van der Waals surface area contributed by atoms with E-state index in [0.29, 0.717) is 12.0 Å². The third-order valence-electron chi connectivity index (χ3n) is 4.54. The highest BCUT2D eigenvalue weighted by Gasteiger charge is 2.25. The van der Waals surface area contributed by atoms with Crippen LogP contribution in [0.15, 0.2) is 54.9 Å². The number of hydrogen-bond acceptors (Lipinski definition) is 2. The molecule has 1 aliphatic rings. The Morgan fingerprint density at radius 1 is 1.00 bits per heavy atom. The molecule has 0 amide bonds. The zero-order valence-corrected chi connectivity index (χ0v) is 12.5. The minimum absolute atomic E-state index is 0.623. The van der Waals surface area contributed by atoms with E-state index in [-0.39, 0.29) is 0 Å². The maximum Gasteiger partial charge on any atom is 0.0300 e. The summed E-state index contributed by atoms with van der Waals surface area (Å²) < 4.78 is 0. The average molecular weight is 280 g/mol. The Balaban J connectivity index is 1.57. The number of pyridine rings is 1. The molecule has 2 nitrogen and oxygen atoms in total. The van der Waals surface area contributed by atoms with Gasteiger partial charge in [0.1, 0.15) is 0 Å². The molecule has 21 heavy (non-hydrogen) atoms. The summed E-state index contributed by atoms with van der Waals surface area (Å²) >= 11 is 0. The predicted molar refractivity (Wildman–Crippen MR) is 87.4 cm³/mol. The molecule has 0 aliphatic heterocycles. The smallest absolute Gasteiger partial charge is 0.0300 e. The van der Waals surface area contributed by atoms with Crippen LogP contribution in [-0.4, -0.2) is 17.6 Å². The molecule has 2 aromatic rings. The van der Waals surface area contributed by atoms with Gasteiger partial charge in [0.25, 0.3) is 0 Å². The zero-order chi connectivity index (χ0) is 14.3. The van der Waals surface area contributed by atoms with Crippen LogP contribution >= 0.6 is 0 Å². The van der Waals surface area contributed by atoms with Gasteiger partial charge >= 0.3 is 0 Å². The Morgan fingerprint density at radius 2 is 1.86 bits per heavy atom.